The van der Waals surface area contributed by atoms with Crippen molar-refractivity contribution < 1.29 is 4.39 Å². The first-order chi connectivity index (χ1) is 8.10. The molecule has 1 aromatic carbocycles. The lowest BCUT2D eigenvalue weighted by Gasteiger charge is -2.46. The van der Waals surface area contributed by atoms with Crippen molar-refractivity contribution in [3.05, 3.63) is 35.9 Å². The Labute approximate surface area is 107 Å². The Morgan fingerprint density at radius 1 is 1.29 bits per heavy atom. The minimum absolute atomic E-state index is 0.367. The van der Waals surface area contributed by atoms with Crippen LogP contribution in [-0.2, 0) is 6.54 Å². The maximum absolute atomic E-state index is 2.38. The topological polar surface area (TPSA) is 0 Å². The van der Waals surface area contributed by atoms with E-state index in [1.807, 2.05) is 0 Å². The van der Waals surface area contributed by atoms with E-state index in [2.05, 4.69) is 44.2 Å². The molecule has 2 atom stereocenters. The van der Waals surface area contributed by atoms with Crippen LogP contribution in [0.1, 0.15) is 38.7 Å². The summed E-state index contributed by atoms with van der Waals surface area (Å²) in [6.45, 7) is 7.54. The van der Waals surface area contributed by atoms with Crippen LogP contribution in [0.2, 0.25) is 0 Å². The van der Waals surface area contributed by atoms with Crippen LogP contribution in [0.5, 0.6) is 0 Å². The van der Waals surface area contributed by atoms with E-state index in [1.54, 1.807) is 5.56 Å². The van der Waals surface area contributed by atoms with Gasteiger partial charge in [-0.1, -0.05) is 44.2 Å². The number of benzene rings is 1. The molecule has 0 N–H and O–H groups in total. The number of hydrogen-bond donors (Lipinski definition) is 0. The van der Waals surface area contributed by atoms with E-state index < -0.39 is 0 Å². The van der Waals surface area contributed by atoms with E-state index >= 15 is 0 Å². The van der Waals surface area contributed by atoms with Crippen LogP contribution in [-0.4, -0.2) is 25.0 Å². The van der Waals surface area contributed by atoms with Crippen molar-refractivity contribution in [3.63, 3.8) is 0 Å². The smallest absolute Gasteiger partial charge is 0.169 e. The van der Waals surface area contributed by atoms with Gasteiger partial charge in [-0.15, -0.1) is 0 Å². The molecule has 0 unspecified atom stereocenters. The summed E-state index contributed by atoms with van der Waals surface area (Å²) >= 11 is 0. The lowest BCUT2D eigenvalue weighted by molar-refractivity contribution is -0.844. The number of nitrogens with zero attached hydrogens (tertiary/aromatic N) is 1. The van der Waals surface area contributed by atoms with Crippen LogP contribution >= 0.6 is 0 Å². The fourth-order valence-electron chi connectivity index (χ4n) is 2.73. The third kappa shape index (κ3) is 3.13. The van der Waals surface area contributed by atoms with Gasteiger partial charge in [0, 0.05) is 24.6 Å². The lowest BCUT2D eigenvalue weighted by Crippen LogP contribution is -2.49. The van der Waals surface area contributed by atoms with Gasteiger partial charge in [0.05, 0.1) is 6.54 Å². The van der Waals surface area contributed by atoms with Gasteiger partial charge in [0.1, 0.15) is 0 Å². The van der Waals surface area contributed by atoms with Gasteiger partial charge in [0.25, 0.3) is 0 Å². The molecular formula is C15H26BN. The molecule has 2 heteroatoms. The quantitative estimate of drug-likeness (QED) is 0.698. The minimum atomic E-state index is 0.367. The number of quaternary nitrogens is 1. The van der Waals surface area contributed by atoms with Crippen molar-refractivity contribution in [1.82, 2.24) is 0 Å². The fourth-order valence-corrected chi connectivity index (χ4v) is 2.73. The van der Waals surface area contributed by atoms with Crippen molar-refractivity contribution in [3.8, 4) is 0 Å². The Balaban J connectivity index is 2.06. The highest BCUT2D eigenvalue weighted by Gasteiger charge is 2.32. The zero-order chi connectivity index (χ0) is 12.3. The first-order valence-electron chi connectivity index (χ1n) is 6.53. The summed E-state index contributed by atoms with van der Waals surface area (Å²) in [7, 11) is 0.367. The van der Waals surface area contributed by atoms with Gasteiger partial charge in [0.15, 0.2) is 7.98 Å². The second-order valence-corrected chi connectivity index (χ2v) is 5.38. The van der Waals surface area contributed by atoms with Gasteiger partial charge in [-0.3, -0.25) is 0 Å². The molecule has 0 radical (unpaired) electrons. The summed E-state index contributed by atoms with van der Waals surface area (Å²) in [5.74, 6) is 0.865. The molecule has 0 saturated carbocycles. The number of hydrogen-bond acceptors (Lipinski definition) is 0. The van der Waals surface area contributed by atoms with E-state index in [1.165, 1.54) is 36.7 Å². The summed E-state index contributed by atoms with van der Waals surface area (Å²) in [6, 6.07) is 12.1. The molecule has 1 aromatic rings. The van der Waals surface area contributed by atoms with Crippen molar-refractivity contribution in [2.24, 2.45) is 5.92 Å². The lowest BCUT2D eigenvalue weighted by atomic mass is 9.96. The molecule has 94 valence electrons. The monoisotopic (exact) mass is 231 g/mol. The Bertz CT molecular complexity index is 349. The van der Waals surface area contributed by atoms with Gasteiger partial charge in [-0.25, -0.2) is 0 Å². The van der Waals surface area contributed by atoms with Gasteiger partial charge >= 0.3 is 0 Å². The first-order valence-corrected chi connectivity index (χ1v) is 6.53. The third-order valence-corrected chi connectivity index (χ3v) is 3.47. The predicted octanol–water partition coefficient (Wildman–Crippen LogP) is 2.49. The van der Waals surface area contributed by atoms with Gasteiger partial charge in [0.2, 0.25) is 0 Å². The molecule has 0 aromatic heterocycles. The summed E-state index contributed by atoms with van der Waals surface area (Å²) < 4.78 is 1.50. The Morgan fingerprint density at radius 2 is 2.00 bits per heavy atom. The summed E-state index contributed by atoms with van der Waals surface area (Å²) in [6.07, 6.45) is 4.39. The molecule has 1 fully saturated rings. The average Bonchev–Trinajstić information content (AvgIpc) is 2.61. The van der Waals surface area contributed by atoms with E-state index in [0.29, 0.717) is 7.98 Å². The normalized spacial score (nSPS) is 28.8. The SMILES string of the molecule is [BH3-][N@@+]1(Cc2ccccc2)CCC[C@H]1CC(C)C. The van der Waals surface area contributed by atoms with Crippen molar-refractivity contribution in [2.45, 2.75) is 45.7 Å². The average molecular weight is 231 g/mol. The Hall–Kier alpha value is -0.755. The molecule has 0 amide bonds. The third-order valence-electron chi connectivity index (χ3n) is 3.47. The molecule has 2 rings (SSSR count). The van der Waals surface area contributed by atoms with Gasteiger partial charge < -0.3 is 4.39 Å². The van der Waals surface area contributed by atoms with Crippen LogP contribution < -0.4 is 0 Å². The standard InChI is InChI=1S/C15H26BN/c1-13(2)11-15-9-6-10-17(15,16)12-14-7-4-3-5-8-14/h3-5,7-8,13,15H,6,9-12H2,1-2,16H3/t15-,17+/m0/s1. The van der Waals surface area contributed by atoms with Gasteiger partial charge in [-0.2, -0.15) is 0 Å². The van der Waals surface area contributed by atoms with Crippen molar-refractivity contribution >= 4 is 7.98 Å². The molecule has 0 spiro atoms. The molecule has 17 heavy (non-hydrogen) atoms. The van der Waals surface area contributed by atoms with E-state index in [0.717, 1.165) is 12.0 Å². The van der Waals surface area contributed by atoms with Crippen LogP contribution in [0.4, 0.5) is 0 Å². The van der Waals surface area contributed by atoms with Gasteiger partial charge in [-0.05, 0) is 18.8 Å². The van der Waals surface area contributed by atoms with E-state index in [-0.39, 0.29) is 0 Å². The van der Waals surface area contributed by atoms with Crippen LogP contribution in [0, 0.1) is 5.92 Å². The van der Waals surface area contributed by atoms with Crippen molar-refractivity contribution in [2.75, 3.05) is 6.54 Å². The number of likely N-dealkylation sites (tertiary alicyclic amines) is 1. The second-order valence-electron chi connectivity index (χ2n) is 5.38. The van der Waals surface area contributed by atoms with E-state index in [9.17, 15) is 0 Å². The highest BCUT2D eigenvalue weighted by Crippen LogP contribution is 2.31. The largest absolute Gasteiger partial charge is 0.516 e. The summed E-state index contributed by atoms with van der Waals surface area (Å²) in [5.41, 5.74) is 1.55. The molecule has 1 aliphatic rings. The fraction of sp³-hybridized carbons (Fsp3) is 0.600. The maximum atomic E-state index is 2.38. The Kier molecular flexibility index (Phi) is 3.93. The van der Waals surface area contributed by atoms with Crippen LogP contribution in [0.15, 0.2) is 30.3 Å². The molecule has 1 nitrogen and oxygen atoms in total. The van der Waals surface area contributed by atoms with Crippen LogP contribution in [0.3, 0.4) is 0 Å². The molecule has 1 aliphatic heterocycles. The molecule has 0 aliphatic carbocycles. The highest BCUT2D eigenvalue weighted by molar-refractivity contribution is 5.97. The summed E-state index contributed by atoms with van der Waals surface area (Å²) in [4.78, 5) is 0. The molecular weight excluding hydrogens is 205 g/mol. The maximum Gasteiger partial charge on any atom is 0.169 e. The molecule has 1 heterocycles. The number of rotatable bonds is 4. The van der Waals surface area contributed by atoms with E-state index in [4.69, 9.17) is 0 Å². The predicted molar refractivity (Wildman–Crippen MR) is 77.7 cm³/mol. The van der Waals surface area contributed by atoms with Crippen molar-refractivity contribution in [1.29, 1.82) is 0 Å². The highest BCUT2D eigenvalue weighted by atomic mass is 15.3. The second kappa shape index (κ2) is 5.26. The Morgan fingerprint density at radius 3 is 2.65 bits per heavy atom. The minimum Gasteiger partial charge on any atom is -0.516 e. The first kappa shape index (κ1) is 12.7. The molecule has 0 bridgehead atoms. The van der Waals surface area contributed by atoms with Crippen LogP contribution in [0.25, 0.3) is 0 Å². The zero-order valence-electron chi connectivity index (χ0n) is 10.5. The summed E-state index contributed by atoms with van der Waals surface area (Å²) in [5, 5.41) is 0. The zero-order valence-corrected chi connectivity index (χ0v) is 10.5. The molecule has 1 saturated heterocycles.